The van der Waals surface area contributed by atoms with Gasteiger partial charge in [-0.1, -0.05) is 26.0 Å². The van der Waals surface area contributed by atoms with Gasteiger partial charge in [0, 0.05) is 18.7 Å². The van der Waals surface area contributed by atoms with Gasteiger partial charge in [0.05, 0.1) is 30.0 Å². The molecular formula is C26H29N5O2. The summed E-state index contributed by atoms with van der Waals surface area (Å²) in [5, 5.41) is 9.59. The van der Waals surface area contributed by atoms with E-state index in [1.54, 1.807) is 18.2 Å². The summed E-state index contributed by atoms with van der Waals surface area (Å²) in [5.74, 6) is 0.619. The number of carbonyl (C=O) groups is 1. The molecule has 1 aromatic heterocycles. The number of amides is 1. The smallest absolute Gasteiger partial charge is 0.262 e. The fraction of sp³-hybridized carbons (Fsp3) is 0.462. The highest BCUT2D eigenvalue weighted by Gasteiger charge is 2.68. The molecule has 170 valence electrons. The topological polar surface area (TPSA) is 105 Å². The summed E-state index contributed by atoms with van der Waals surface area (Å²) < 4.78 is 5.82. The molecule has 2 aliphatic carbocycles. The van der Waals surface area contributed by atoms with Crippen molar-refractivity contribution in [1.82, 2.24) is 9.88 Å². The average Bonchev–Trinajstić information content (AvgIpc) is 3.20. The molecule has 3 aliphatic rings. The summed E-state index contributed by atoms with van der Waals surface area (Å²) in [7, 11) is 1.76. The van der Waals surface area contributed by atoms with Gasteiger partial charge in [-0.3, -0.25) is 14.7 Å². The second-order valence-electron chi connectivity index (χ2n) is 9.90. The molecule has 1 aliphatic heterocycles. The van der Waals surface area contributed by atoms with Crippen LogP contribution in [0.25, 0.3) is 0 Å². The van der Waals surface area contributed by atoms with Crippen LogP contribution in [0.3, 0.4) is 0 Å². The Bertz CT molecular complexity index is 1160. The number of hydrogen-bond donors (Lipinski definition) is 1. The number of fused-ring (bicyclic) bond motifs is 3. The fourth-order valence-corrected chi connectivity index (χ4v) is 6.84. The Morgan fingerprint density at radius 1 is 1.24 bits per heavy atom. The molecule has 1 amide bonds. The lowest BCUT2D eigenvalue weighted by molar-refractivity contribution is -0.142. The van der Waals surface area contributed by atoms with Gasteiger partial charge in [0.1, 0.15) is 0 Å². The van der Waals surface area contributed by atoms with Crippen molar-refractivity contribution in [1.29, 1.82) is 5.26 Å². The lowest BCUT2D eigenvalue weighted by Gasteiger charge is -2.50. The van der Waals surface area contributed by atoms with Crippen molar-refractivity contribution in [2.45, 2.75) is 51.3 Å². The van der Waals surface area contributed by atoms with Crippen molar-refractivity contribution in [3.8, 4) is 6.07 Å². The van der Waals surface area contributed by atoms with E-state index >= 15 is 0 Å². The third kappa shape index (κ3) is 3.01. The van der Waals surface area contributed by atoms with Gasteiger partial charge in [-0.2, -0.15) is 5.26 Å². The van der Waals surface area contributed by atoms with Gasteiger partial charge in [-0.05, 0) is 66.5 Å². The molecule has 5 atom stereocenters. The fourth-order valence-electron chi connectivity index (χ4n) is 6.84. The van der Waals surface area contributed by atoms with Crippen molar-refractivity contribution in [2.75, 3.05) is 7.11 Å². The number of benzene rings is 1. The summed E-state index contributed by atoms with van der Waals surface area (Å²) >= 11 is 0. The molecule has 7 heteroatoms. The zero-order valence-corrected chi connectivity index (χ0v) is 19.3. The van der Waals surface area contributed by atoms with E-state index in [1.165, 1.54) is 0 Å². The predicted molar refractivity (Wildman–Crippen MR) is 124 cm³/mol. The quantitative estimate of drug-likeness (QED) is 0.785. The van der Waals surface area contributed by atoms with Gasteiger partial charge < -0.3 is 10.5 Å². The maximum Gasteiger partial charge on any atom is 0.262 e. The zero-order chi connectivity index (χ0) is 23.4. The van der Waals surface area contributed by atoms with Crippen molar-refractivity contribution < 1.29 is 9.53 Å². The van der Waals surface area contributed by atoms with Crippen molar-refractivity contribution in [2.24, 2.45) is 28.0 Å². The maximum absolute atomic E-state index is 14.3. The summed E-state index contributed by atoms with van der Waals surface area (Å²) in [6.45, 7) is 4.66. The average molecular weight is 444 g/mol. The summed E-state index contributed by atoms with van der Waals surface area (Å²) in [6.07, 6.45) is 4.17. The Morgan fingerprint density at radius 3 is 2.64 bits per heavy atom. The van der Waals surface area contributed by atoms with Crippen LogP contribution < -0.4 is 5.73 Å². The predicted octanol–water partition coefficient (Wildman–Crippen LogP) is 3.13. The SMILES string of the molecule is CO[C@H]1[C@H](C)C[C@@]2(Cc3ccc(C#N)cc3[C@]23N=C(N)N(Cc2ccccn2)C3=O)C[C@@H]1C. The highest BCUT2D eigenvalue weighted by Crippen LogP contribution is 2.63. The number of ether oxygens (including phenoxy) is 1. The molecule has 2 N–H and O–H groups in total. The van der Waals surface area contributed by atoms with Gasteiger partial charge in [-0.25, -0.2) is 4.99 Å². The molecule has 5 rings (SSSR count). The van der Waals surface area contributed by atoms with E-state index in [4.69, 9.17) is 15.5 Å². The van der Waals surface area contributed by atoms with Crippen LogP contribution in [-0.4, -0.2) is 35.0 Å². The second-order valence-corrected chi connectivity index (χ2v) is 9.90. The van der Waals surface area contributed by atoms with Gasteiger partial charge >= 0.3 is 0 Å². The first kappa shape index (κ1) is 21.6. The van der Waals surface area contributed by atoms with Gasteiger partial charge in [0.25, 0.3) is 5.91 Å². The third-order valence-corrected chi connectivity index (χ3v) is 7.90. The summed E-state index contributed by atoms with van der Waals surface area (Å²) in [4.78, 5) is 25.3. The van der Waals surface area contributed by atoms with Crippen LogP contribution >= 0.6 is 0 Å². The zero-order valence-electron chi connectivity index (χ0n) is 19.3. The second kappa shape index (κ2) is 7.67. The molecular weight excluding hydrogens is 414 g/mol. The summed E-state index contributed by atoms with van der Waals surface area (Å²) in [5.41, 5.74) is 8.09. The number of nitrogens with zero attached hydrogens (tertiary/aromatic N) is 4. The monoisotopic (exact) mass is 443 g/mol. The molecule has 1 fully saturated rings. The van der Waals surface area contributed by atoms with E-state index in [0.29, 0.717) is 5.56 Å². The summed E-state index contributed by atoms with van der Waals surface area (Å²) in [6, 6.07) is 13.5. The first-order chi connectivity index (χ1) is 15.8. The van der Waals surface area contributed by atoms with Gasteiger partial charge in [-0.15, -0.1) is 0 Å². The molecule has 2 spiro atoms. The van der Waals surface area contributed by atoms with Crippen molar-refractivity contribution >= 4 is 11.9 Å². The van der Waals surface area contributed by atoms with Crippen LogP contribution in [-0.2, 0) is 28.0 Å². The van der Waals surface area contributed by atoms with E-state index < -0.39 is 11.0 Å². The van der Waals surface area contributed by atoms with Crippen LogP contribution in [0.4, 0.5) is 0 Å². The molecule has 33 heavy (non-hydrogen) atoms. The molecule has 0 bridgehead atoms. The highest BCUT2D eigenvalue weighted by atomic mass is 16.5. The minimum atomic E-state index is -1.13. The molecule has 1 saturated carbocycles. The number of aromatic nitrogens is 1. The third-order valence-electron chi connectivity index (χ3n) is 7.90. The van der Waals surface area contributed by atoms with Crippen LogP contribution in [0.5, 0.6) is 0 Å². The first-order valence-corrected chi connectivity index (χ1v) is 11.5. The number of nitriles is 1. The van der Waals surface area contributed by atoms with Crippen LogP contribution in [0.15, 0.2) is 47.6 Å². The van der Waals surface area contributed by atoms with E-state index in [0.717, 1.165) is 36.1 Å². The Morgan fingerprint density at radius 2 is 2.00 bits per heavy atom. The van der Waals surface area contributed by atoms with Crippen molar-refractivity contribution in [3.63, 3.8) is 0 Å². The normalized spacial score (nSPS) is 32.8. The number of hydrogen-bond acceptors (Lipinski definition) is 6. The number of pyridine rings is 1. The van der Waals surface area contributed by atoms with E-state index in [2.05, 4.69) is 24.9 Å². The Labute approximate surface area is 194 Å². The van der Waals surface area contributed by atoms with Crippen LogP contribution in [0.2, 0.25) is 0 Å². The van der Waals surface area contributed by atoms with Crippen LogP contribution in [0, 0.1) is 28.6 Å². The lowest BCUT2D eigenvalue weighted by Crippen LogP contribution is -2.55. The number of carbonyl (C=O) groups excluding carboxylic acids is 1. The Kier molecular flexibility index (Phi) is 5.02. The minimum Gasteiger partial charge on any atom is -0.381 e. The van der Waals surface area contributed by atoms with E-state index in [-0.39, 0.29) is 36.4 Å². The molecule has 0 radical (unpaired) electrons. The van der Waals surface area contributed by atoms with E-state index in [9.17, 15) is 10.1 Å². The minimum absolute atomic E-state index is 0.116. The van der Waals surface area contributed by atoms with Gasteiger partial charge in [0.15, 0.2) is 11.5 Å². The largest absolute Gasteiger partial charge is 0.381 e. The standard InChI is InChI=1S/C26H29N5O2/c1-16-11-25(12-17(2)22(16)33-3)13-19-8-7-18(14-27)10-21(19)26(25)23(32)31(24(28)30-26)15-20-6-4-5-9-29-20/h4-10,16-17,22H,11-13,15H2,1-3H3,(H2,28,30)/t16-,17+,22+,25+,26-/m1/s1. The van der Waals surface area contributed by atoms with Gasteiger partial charge in [0.2, 0.25) is 0 Å². The van der Waals surface area contributed by atoms with E-state index in [1.807, 2.05) is 36.4 Å². The molecule has 0 unspecified atom stereocenters. The molecule has 7 nitrogen and oxygen atoms in total. The Hall–Kier alpha value is -3.24. The number of rotatable bonds is 3. The number of aliphatic imine (C=N–C) groups is 1. The van der Waals surface area contributed by atoms with Crippen molar-refractivity contribution in [3.05, 3.63) is 65.0 Å². The molecule has 1 aromatic carbocycles. The number of nitrogens with two attached hydrogens (primary N) is 1. The molecule has 0 saturated heterocycles. The Balaban J connectivity index is 1.65. The molecule has 2 aromatic rings. The van der Waals surface area contributed by atoms with Crippen LogP contribution in [0.1, 0.15) is 49.1 Å². The highest BCUT2D eigenvalue weighted by molar-refractivity contribution is 6.08. The molecule has 2 heterocycles. The maximum atomic E-state index is 14.3. The number of methoxy groups -OCH3 is 1. The lowest BCUT2D eigenvalue weighted by atomic mass is 9.56. The first-order valence-electron chi connectivity index (χ1n) is 11.5. The number of guanidine groups is 1.